The van der Waals surface area contributed by atoms with Crippen molar-refractivity contribution in [3.8, 4) is 0 Å². The molecule has 1 aliphatic rings. The Morgan fingerprint density at radius 3 is 1.90 bits per heavy atom. The maximum absolute atomic E-state index is 5.75. The van der Waals surface area contributed by atoms with E-state index in [1.54, 1.807) is 0 Å². The molecule has 0 aromatic rings. The van der Waals surface area contributed by atoms with Gasteiger partial charge in [0.2, 0.25) is 0 Å². The molecule has 2 heteroatoms. The van der Waals surface area contributed by atoms with Gasteiger partial charge in [0.05, 0.1) is 20.0 Å². The molecule has 0 atom stereocenters. The molecule has 0 bridgehead atoms. The van der Waals surface area contributed by atoms with Crippen molar-refractivity contribution in [2.75, 3.05) is 26.6 Å². The van der Waals surface area contributed by atoms with Gasteiger partial charge >= 0.3 is 0 Å². The van der Waals surface area contributed by atoms with Crippen LogP contribution in [0.25, 0.3) is 0 Å². The second kappa shape index (κ2) is 2.46. The van der Waals surface area contributed by atoms with E-state index in [1.165, 1.54) is 12.8 Å². The SMILES string of the molecule is CCOC1([P+](C)(C)C)CC1. The molecule has 0 amide bonds. The minimum atomic E-state index is -0.746. The van der Waals surface area contributed by atoms with Crippen LogP contribution in [0.3, 0.4) is 0 Å². The Morgan fingerprint density at radius 2 is 1.80 bits per heavy atom. The van der Waals surface area contributed by atoms with Gasteiger partial charge < -0.3 is 4.74 Å². The lowest BCUT2D eigenvalue weighted by molar-refractivity contribution is 0.102. The Hall–Kier alpha value is 0.390. The molecular formula is C8H18OP+. The van der Waals surface area contributed by atoms with Crippen molar-refractivity contribution >= 4 is 7.26 Å². The summed E-state index contributed by atoms with van der Waals surface area (Å²) in [6.45, 7) is 10.1. The molecule has 1 aliphatic carbocycles. The molecule has 0 aromatic heterocycles. The largest absolute Gasteiger partial charge is 0.342 e. The third-order valence-corrected chi connectivity index (χ3v) is 5.33. The van der Waals surface area contributed by atoms with Crippen LogP contribution < -0.4 is 0 Å². The zero-order valence-corrected chi connectivity index (χ0v) is 8.37. The Kier molecular flexibility index (Phi) is 2.09. The number of ether oxygens (including phenoxy) is 1. The highest BCUT2D eigenvalue weighted by Crippen LogP contribution is 2.71. The summed E-state index contributed by atoms with van der Waals surface area (Å²) in [6.07, 6.45) is 2.61. The lowest BCUT2D eigenvalue weighted by Crippen LogP contribution is -2.17. The normalized spacial score (nSPS) is 22.8. The van der Waals surface area contributed by atoms with Crippen molar-refractivity contribution < 1.29 is 4.74 Å². The van der Waals surface area contributed by atoms with E-state index in [4.69, 9.17) is 4.74 Å². The van der Waals surface area contributed by atoms with E-state index >= 15 is 0 Å². The van der Waals surface area contributed by atoms with Crippen LogP contribution >= 0.6 is 7.26 Å². The van der Waals surface area contributed by atoms with Gasteiger partial charge in [-0.3, -0.25) is 0 Å². The summed E-state index contributed by atoms with van der Waals surface area (Å²) in [6, 6.07) is 0. The maximum Gasteiger partial charge on any atom is 0.176 e. The van der Waals surface area contributed by atoms with Gasteiger partial charge in [-0.15, -0.1) is 0 Å². The second-order valence-electron chi connectivity index (χ2n) is 3.89. The topological polar surface area (TPSA) is 9.23 Å². The Labute approximate surface area is 64.5 Å². The van der Waals surface area contributed by atoms with E-state index in [2.05, 4.69) is 26.9 Å². The van der Waals surface area contributed by atoms with Gasteiger partial charge in [-0.05, 0) is 6.92 Å². The average Bonchev–Trinajstić information content (AvgIpc) is 2.45. The van der Waals surface area contributed by atoms with Gasteiger partial charge in [0, 0.05) is 26.7 Å². The highest BCUT2D eigenvalue weighted by Gasteiger charge is 2.59. The lowest BCUT2D eigenvalue weighted by Gasteiger charge is -2.23. The van der Waals surface area contributed by atoms with E-state index in [0.717, 1.165) is 6.61 Å². The number of rotatable bonds is 3. The van der Waals surface area contributed by atoms with Crippen molar-refractivity contribution in [1.82, 2.24) is 0 Å². The molecule has 1 saturated carbocycles. The molecule has 0 unspecified atom stereocenters. The summed E-state index contributed by atoms with van der Waals surface area (Å²) in [4.78, 5) is 0. The van der Waals surface area contributed by atoms with Crippen molar-refractivity contribution in [1.29, 1.82) is 0 Å². The fourth-order valence-corrected chi connectivity index (χ4v) is 3.35. The van der Waals surface area contributed by atoms with Gasteiger partial charge in [0.15, 0.2) is 5.34 Å². The van der Waals surface area contributed by atoms with Crippen LogP contribution in [0.15, 0.2) is 0 Å². The first kappa shape index (κ1) is 8.49. The molecular weight excluding hydrogens is 143 g/mol. The summed E-state index contributed by atoms with van der Waals surface area (Å²) in [5, 5.41) is 0.349. The van der Waals surface area contributed by atoms with Crippen LogP contribution in [0.1, 0.15) is 19.8 Å². The Balaban J connectivity index is 2.52. The summed E-state index contributed by atoms with van der Waals surface area (Å²) in [7, 11) is -0.746. The molecule has 0 heterocycles. The third kappa shape index (κ3) is 1.35. The van der Waals surface area contributed by atoms with Crippen LogP contribution in [-0.4, -0.2) is 31.9 Å². The van der Waals surface area contributed by atoms with Crippen molar-refractivity contribution in [2.45, 2.75) is 25.1 Å². The van der Waals surface area contributed by atoms with E-state index in [1.807, 2.05) is 0 Å². The summed E-state index contributed by atoms with van der Waals surface area (Å²) >= 11 is 0. The third-order valence-electron chi connectivity index (χ3n) is 2.31. The molecule has 0 N–H and O–H groups in total. The smallest absolute Gasteiger partial charge is 0.176 e. The lowest BCUT2D eigenvalue weighted by atomic mass is 10.8. The first-order chi connectivity index (χ1) is 4.52. The van der Waals surface area contributed by atoms with Crippen LogP contribution in [0, 0.1) is 0 Å². The molecule has 10 heavy (non-hydrogen) atoms. The molecule has 0 aromatic carbocycles. The Bertz CT molecular complexity index is 122. The number of hydrogen-bond donors (Lipinski definition) is 0. The Morgan fingerprint density at radius 1 is 1.30 bits per heavy atom. The fraction of sp³-hybridized carbons (Fsp3) is 1.00. The van der Waals surface area contributed by atoms with Crippen LogP contribution in [0.2, 0.25) is 0 Å². The molecule has 60 valence electrons. The highest BCUT2D eigenvalue weighted by molar-refractivity contribution is 7.75. The van der Waals surface area contributed by atoms with E-state index in [-0.39, 0.29) is 0 Å². The van der Waals surface area contributed by atoms with Crippen molar-refractivity contribution in [3.05, 3.63) is 0 Å². The van der Waals surface area contributed by atoms with Crippen molar-refractivity contribution in [3.63, 3.8) is 0 Å². The summed E-state index contributed by atoms with van der Waals surface area (Å²) < 4.78 is 5.75. The second-order valence-corrected chi connectivity index (χ2v) is 8.73. The zero-order chi connectivity index (χ0) is 7.83. The van der Waals surface area contributed by atoms with Crippen LogP contribution in [-0.2, 0) is 4.74 Å². The quantitative estimate of drug-likeness (QED) is 0.577. The molecule has 1 fully saturated rings. The van der Waals surface area contributed by atoms with Gasteiger partial charge in [-0.2, -0.15) is 0 Å². The maximum atomic E-state index is 5.75. The summed E-state index contributed by atoms with van der Waals surface area (Å²) in [5.41, 5.74) is 0. The predicted octanol–water partition coefficient (Wildman–Crippen LogP) is 2.42. The molecule has 1 rings (SSSR count). The minimum Gasteiger partial charge on any atom is -0.342 e. The first-order valence-electron chi connectivity index (χ1n) is 3.97. The zero-order valence-electron chi connectivity index (χ0n) is 7.48. The minimum absolute atomic E-state index is 0.349. The number of hydrogen-bond acceptors (Lipinski definition) is 1. The van der Waals surface area contributed by atoms with Gasteiger partial charge in [-0.25, -0.2) is 0 Å². The standard InChI is InChI=1S/C8H18OP/c1-5-9-8(6-7-8)10(2,3)4/h5-7H2,1-4H3/q+1. The van der Waals surface area contributed by atoms with E-state index < -0.39 is 7.26 Å². The first-order valence-corrected chi connectivity index (χ1v) is 7.10. The highest BCUT2D eigenvalue weighted by atomic mass is 31.2. The van der Waals surface area contributed by atoms with Crippen LogP contribution in [0.4, 0.5) is 0 Å². The van der Waals surface area contributed by atoms with Crippen LogP contribution in [0.5, 0.6) is 0 Å². The molecule has 0 saturated heterocycles. The van der Waals surface area contributed by atoms with Crippen molar-refractivity contribution in [2.24, 2.45) is 0 Å². The summed E-state index contributed by atoms with van der Waals surface area (Å²) in [5.74, 6) is 0. The molecule has 0 radical (unpaired) electrons. The predicted molar refractivity (Wildman–Crippen MR) is 48.3 cm³/mol. The molecule has 0 aliphatic heterocycles. The van der Waals surface area contributed by atoms with Gasteiger partial charge in [0.25, 0.3) is 0 Å². The molecule has 0 spiro atoms. The molecule has 1 nitrogen and oxygen atoms in total. The average molecular weight is 161 g/mol. The fourth-order valence-electron chi connectivity index (χ4n) is 1.38. The van der Waals surface area contributed by atoms with E-state index in [9.17, 15) is 0 Å². The monoisotopic (exact) mass is 161 g/mol. The van der Waals surface area contributed by atoms with Gasteiger partial charge in [0.1, 0.15) is 0 Å². The van der Waals surface area contributed by atoms with E-state index in [0.29, 0.717) is 5.34 Å². The van der Waals surface area contributed by atoms with Gasteiger partial charge in [-0.1, -0.05) is 0 Å².